The largest absolute Gasteiger partial charge is 0.497 e. The van der Waals surface area contributed by atoms with E-state index < -0.39 is 29.4 Å². The molecule has 2 aromatic carbocycles. The van der Waals surface area contributed by atoms with Crippen molar-refractivity contribution in [3.8, 4) is 17.2 Å². The Hall–Kier alpha value is -3.75. The number of hydrogen-bond acceptors (Lipinski definition) is 6. The summed E-state index contributed by atoms with van der Waals surface area (Å²) in [5, 5.41) is 5.48. The molecular weight excluding hydrogens is 414 g/mol. The van der Waals surface area contributed by atoms with Crippen LogP contribution in [0.25, 0.3) is 0 Å². The van der Waals surface area contributed by atoms with Gasteiger partial charge >= 0.3 is 6.03 Å². The van der Waals surface area contributed by atoms with Crippen LogP contribution in [0, 0.1) is 0 Å². The normalized spacial score (nSPS) is 20.2. The van der Waals surface area contributed by atoms with Crippen molar-refractivity contribution in [2.24, 2.45) is 0 Å². The Morgan fingerprint density at radius 3 is 2.62 bits per heavy atom. The molecule has 2 aliphatic rings. The van der Waals surface area contributed by atoms with Crippen LogP contribution in [-0.4, -0.2) is 48.2 Å². The zero-order chi connectivity index (χ0) is 22.9. The number of imide groups is 1. The van der Waals surface area contributed by atoms with Crippen molar-refractivity contribution in [1.29, 1.82) is 0 Å². The standard InChI is InChI=1S/C23H25N3O6/c1-14(20(27)24-16-6-9-18-19(12-16)32-13-31-18)26-21(28)23(2,25-22(26)29)11-10-15-4-7-17(30-3)8-5-15/h4-9,12,14H,10-11,13H2,1-3H3,(H,24,27)(H,25,29)/t14-,23+/m0/s1. The molecule has 9 nitrogen and oxygen atoms in total. The molecule has 2 aromatic rings. The number of fused-ring (bicyclic) bond motifs is 1. The maximum Gasteiger partial charge on any atom is 0.325 e. The average molecular weight is 439 g/mol. The Balaban J connectivity index is 1.41. The number of ether oxygens (including phenoxy) is 3. The highest BCUT2D eigenvalue weighted by atomic mass is 16.7. The molecule has 1 fully saturated rings. The first-order valence-corrected chi connectivity index (χ1v) is 10.3. The van der Waals surface area contributed by atoms with Gasteiger partial charge in [0.25, 0.3) is 5.91 Å². The van der Waals surface area contributed by atoms with Crippen LogP contribution >= 0.6 is 0 Å². The lowest BCUT2D eigenvalue weighted by Gasteiger charge is -2.24. The molecule has 4 rings (SSSR count). The lowest BCUT2D eigenvalue weighted by molar-refractivity contribution is -0.136. The summed E-state index contributed by atoms with van der Waals surface area (Å²) in [7, 11) is 1.60. The number of nitrogens with one attached hydrogen (secondary N) is 2. The molecule has 0 aliphatic carbocycles. The van der Waals surface area contributed by atoms with Gasteiger partial charge in [0, 0.05) is 11.8 Å². The van der Waals surface area contributed by atoms with E-state index in [4.69, 9.17) is 14.2 Å². The average Bonchev–Trinajstić information content (AvgIpc) is 3.34. The van der Waals surface area contributed by atoms with Gasteiger partial charge in [0.15, 0.2) is 11.5 Å². The summed E-state index contributed by atoms with van der Waals surface area (Å²) < 4.78 is 15.7. The van der Waals surface area contributed by atoms with E-state index in [9.17, 15) is 14.4 Å². The van der Waals surface area contributed by atoms with Crippen LogP contribution in [0.2, 0.25) is 0 Å². The summed E-state index contributed by atoms with van der Waals surface area (Å²) in [6.45, 7) is 3.33. The molecular formula is C23H25N3O6. The van der Waals surface area contributed by atoms with Gasteiger partial charge in [-0.15, -0.1) is 0 Å². The number of carbonyl (C=O) groups excluding carboxylic acids is 3. The molecule has 2 heterocycles. The smallest absolute Gasteiger partial charge is 0.325 e. The second-order valence-corrected chi connectivity index (χ2v) is 8.02. The third-order valence-electron chi connectivity index (χ3n) is 5.77. The second-order valence-electron chi connectivity index (χ2n) is 8.02. The Labute approximate surface area is 185 Å². The lowest BCUT2D eigenvalue weighted by atomic mass is 9.93. The van der Waals surface area contributed by atoms with E-state index in [0.29, 0.717) is 30.0 Å². The number of nitrogens with zero attached hydrogens (tertiary/aromatic N) is 1. The van der Waals surface area contributed by atoms with E-state index in [1.54, 1.807) is 32.2 Å². The first-order chi connectivity index (χ1) is 15.3. The van der Waals surface area contributed by atoms with E-state index in [2.05, 4.69) is 10.6 Å². The van der Waals surface area contributed by atoms with Crippen LogP contribution < -0.4 is 24.8 Å². The highest BCUT2D eigenvalue weighted by Gasteiger charge is 2.50. The van der Waals surface area contributed by atoms with Gasteiger partial charge in [-0.05, 0) is 56.5 Å². The number of amides is 4. The van der Waals surface area contributed by atoms with Gasteiger partial charge in [0.2, 0.25) is 12.7 Å². The zero-order valence-corrected chi connectivity index (χ0v) is 18.1. The third-order valence-corrected chi connectivity index (χ3v) is 5.77. The third kappa shape index (κ3) is 4.05. The predicted octanol–water partition coefficient (Wildman–Crippen LogP) is 2.69. The van der Waals surface area contributed by atoms with Crippen molar-refractivity contribution in [2.75, 3.05) is 19.2 Å². The fraction of sp³-hybridized carbons (Fsp3) is 0.348. The topological polar surface area (TPSA) is 106 Å². The number of methoxy groups -OCH3 is 1. The molecule has 168 valence electrons. The molecule has 0 bridgehead atoms. The number of hydrogen-bond donors (Lipinski definition) is 2. The van der Waals surface area contributed by atoms with Gasteiger partial charge < -0.3 is 24.8 Å². The lowest BCUT2D eigenvalue weighted by Crippen LogP contribution is -2.48. The molecule has 0 saturated carbocycles. The fourth-order valence-corrected chi connectivity index (χ4v) is 3.75. The summed E-state index contributed by atoms with van der Waals surface area (Å²) in [6, 6.07) is 11.0. The molecule has 0 aromatic heterocycles. The quantitative estimate of drug-likeness (QED) is 0.643. The first kappa shape index (κ1) is 21.5. The van der Waals surface area contributed by atoms with Crippen molar-refractivity contribution >= 4 is 23.5 Å². The molecule has 0 radical (unpaired) electrons. The molecule has 1 saturated heterocycles. The van der Waals surface area contributed by atoms with E-state index >= 15 is 0 Å². The molecule has 0 spiro atoms. The fourth-order valence-electron chi connectivity index (χ4n) is 3.75. The number of anilines is 1. The summed E-state index contributed by atoms with van der Waals surface area (Å²) >= 11 is 0. The summed E-state index contributed by atoms with van der Waals surface area (Å²) in [6.07, 6.45) is 0.981. The number of benzene rings is 2. The predicted molar refractivity (Wildman–Crippen MR) is 116 cm³/mol. The number of urea groups is 1. The van der Waals surface area contributed by atoms with Crippen LogP contribution in [0.1, 0.15) is 25.8 Å². The van der Waals surface area contributed by atoms with Gasteiger partial charge in [0.1, 0.15) is 17.3 Å². The summed E-state index contributed by atoms with van der Waals surface area (Å²) in [5.41, 5.74) is 0.408. The highest BCUT2D eigenvalue weighted by Crippen LogP contribution is 2.34. The molecule has 32 heavy (non-hydrogen) atoms. The molecule has 2 aliphatic heterocycles. The van der Waals surface area contributed by atoms with Crippen LogP contribution in [-0.2, 0) is 16.0 Å². The van der Waals surface area contributed by atoms with Gasteiger partial charge in [-0.25, -0.2) is 9.69 Å². The van der Waals surface area contributed by atoms with Crippen molar-refractivity contribution in [1.82, 2.24) is 10.2 Å². The Kier molecular flexibility index (Phi) is 5.65. The molecule has 0 unspecified atom stereocenters. The minimum Gasteiger partial charge on any atom is -0.497 e. The molecule has 9 heteroatoms. The van der Waals surface area contributed by atoms with Crippen LogP contribution in [0.3, 0.4) is 0 Å². The number of carbonyl (C=O) groups is 3. The molecule has 2 atom stereocenters. The maximum absolute atomic E-state index is 13.1. The van der Waals surface area contributed by atoms with Gasteiger partial charge in [-0.1, -0.05) is 12.1 Å². The minimum absolute atomic E-state index is 0.126. The zero-order valence-electron chi connectivity index (χ0n) is 18.1. The van der Waals surface area contributed by atoms with Crippen molar-refractivity contribution in [3.63, 3.8) is 0 Å². The van der Waals surface area contributed by atoms with E-state index in [0.717, 1.165) is 16.2 Å². The van der Waals surface area contributed by atoms with Crippen molar-refractivity contribution in [3.05, 3.63) is 48.0 Å². The van der Waals surface area contributed by atoms with Crippen molar-refractivity contribution < 1.29 is 28.6 Å². The summed E-state index contributed by atoms with van der Waals surface area (Å²) in [4.78, 5) is 39.5. The Bertz CT molecular complexity index is 1050. The first-order valence-electron chi connectivity index (χ1n) is 10.3. The van der Waals surface area contributed by atoms with Crippen LogP contribution in [0.4, 0.5) is 10.5 Å². The van der Waals surface area contributed by atoms with E-state index in [-0.39, 0.29) is 6.79 Å². The molecule has 4 amide bonds. The van der Waals surface area contributed by atoms with E-state index in [1.807, 2.05) is 24.3 Å². The number of rotatable bonds is 7. The van der Waals surface area contributed by atoms with Gasteiger partial charge in [-0.2, -0.15) is 0 Å². The van der Waals surface area contributed by atoms with Gasteiger partial charge in [0.05, 0.1) is 7.11 Å². The van der Waals surface area contributed by atoms with Crippen molar-refractivity contribution in [2.45, 2.75) is 38.3 Å². The highest BCUT2D eigenvalue weighted by molar-refractivity contribution is 6.11. The van der Waals surface area contributed by atoms with Crippen LogP contribution in [0.15, 0.2) is 42.5 Å². The van der Waals surface area contributed by atoms with E-state index in [1.165, 1.54) is 6.92 Å². The minimum atomic E-state index is -1.09. The number of aryl methyl sites for hydroxylation is 1. The molecule has 2 N–H and O–H groups in total. The SMILES string of the molecule is COc1ccc(CC[C@@]2(C)NC(=O)N([C@@H](C)C(=O)Nc3ccc4c(c3)OCO4)C2=O)cc1. The van der Waals surface area contributed by atoms with Crippen LogP contribution in [0.5, 0.6) is 17.2 Å². The Morgan fingerprint density at radius 2 is 1.91 bits per heavy atom. The summed E-state index contributed by atoms with van der Waals surface area (Å²) in [5.74, 6) is 0.962. The monoisotopic (exact) mass is 439 g/mol. The maximum atomic E-state index is 13.1. The van der Waals surface area contributed by atoms with Gasteiger partial charge in [-0.3, -0.25) is 9.59 Å². The second kappa shape index (κ2) is 8.41. The Morgan fingerprint density at radius 1 is 1.19 bits per heavy atom.